The van der Waals surface area contributed by atoms with Crippen LogP contribution in [0.15, 0.2) is 12.5 Å². The Balaban J connectivity index is 2.75. The van der Waals surface area contributed by atoms with Gasteiger partial charge in [-0.25, -0.2) is 9.78 Å². The smallest absolute Gasteiger partial charge is 0.326 e. The number of carboxylic acid groups (broad SMARTS) is 1. The highest BCUT2D eigenvalue weighted by atomic mass is 16.4. The number of aliphatic carboxylic acids is 1. The summed E-state index contributed by atoms with van der Waals surface area (Å²) in [7, 11) is 0. The second-order valence-corrected chi connectivity index (χ2v) is 6.32. The first kappa shape index (κ1) is 21.6. The van der Waals surface area contributed by atoms with E-state index in [-0.39, 0.29) is 12.3 Å². The number of hydrogen-bond donors (Lipinski definition) is 6. The van der Waals surface area contributed by atoms with Gasteiger partial charge in [-0.1, -0.05) is 20.3 Å². The summed E-state index contributed by atoms with van der Waals surface area (Å²) >= 11 is 0. The third kappa shape index (κ3) is 6.12. The zero-order valence-corrected chi connectivity index (χ0v) is 15.1. The van der Waals surface area contributed by atoms with Crippen LogP contribution >= 0.6 is 0 Å². The van der Waals surface area contributed by atoms with E-state index in [1.54, 1.807) is 13.8 Å². The summed E-state index contributed by atoms with van der Waals surface area (Å²) in [4.78, 5) is 42.6. The second kappa shape index (κ2) is 9.88. The molecule has 2 amide bonds. The van der Waals surface area contributed by atoms with E-state index in [9.17, 15) is 24.6 Å². The van der Waals surface area contributed by atoms with Crippen molar-refractivity contribution in [3.05, 3.63) is 18.2 Å². The Morgan fingerprint density at radius 1 is 1.23 bits per heavy atom. The number of hydrogen-bond acceptors (Lipinski definition) is 6. The summed E-state index contributed by atoms with van der Waals surface area (Å²) in [5.41, 5.74) is 6.46. The fourth-order valence-corrected chi connectivity index (χ4v) is 2.32. The molecule has 26 heavy (non-hydrogen) atoms. The van der Waals surface area contributed by atoms with E-state index in [1.807, 2.05) is 0 Å². The number of nitrogens with one attached hydrogen (secondary N) is 3. The number of aliphatic hydroxyl groups is 1. The average molecular weight is 369 g/mol. The molecule has 0 aliphatic heterocycles. The molecule has 1 aromatic heterocycles. The molecule has 1 heterocycles. The van der Waals surface area contributed by atoms with Crippen LogP contribution in [0.5, 0.6) is 0 Å². The number of imidazole rings is 1. The Morgan fingerprint density at radius 3 is 2.31 bits per heavy atom. The van der Waals surface area contributed by atoms with Gasteiger partial charge in [0.25, 0.3) is 0 Å². The van der Waals surface area contributed by atoms with Gasteiger partial charge in [-0.05, 0) is 12.8 Å². The fourth-order valence-electron chi connectivity index (χ4n) is 2.32. The molecule has 1 rings (SSSR count). The average Bonchev–Trinajstić information content (AvgIpc) is 3.08. The summed E-state index contributed by atoms with van der Waals surface area (Å²) in [6.45, 7) is 4.81. The van der Waals surface area contributed by atoms with Crippen molar-refractivity contribution in [1.29, 1.82) is 0 Å². The molecule has 0 fully saturated rings. The van der Waals surface area contributed by atoms with Gasteiger partial charge in [0.2, 0.25) is 11.8 Å². The number of nitrogens with zero attached hydrogens (tertiary/aromatic N) is 1. The molecule has 0 saturated heterocycles. The summed E-state index contributed by atoms with van der Waals surface area (Å²) < 4.78 is 0. The Morgan fingerprint density at radius 2 is 1.85 bits per heavy atom. The number of aromatic nitrogens is 2. The Labute approximate surface area is 151 Å². The number of carbonyl (C=O) groups excluding carboxylic acids is 2. The molecule has 0 spiro atoms. The van der Waals surface area contributed by atoms with Gasteiger partial charge in [0.1, 0.15) is 12.1 Å². The van der Waals surface area contributed by atoms with Crippen LogP contribution in [0.3, 0.4) is 0 Å². The second-order valence-electron chi connectivity index (χ2n) is 6.32. The number of nitrogens with two attached hydrogens (primary N) is 1. The quantitative estimate of drug-likeness (QED) is 0.299. The lowest BCUT2D eigenvalue weighted by Gasteiger charge is -2.26. The van der Waals surface area contributed by atoms with Crippen molar-refractivity contribution in [3.8, 4) is 0 Å². The van der Waals surface area contributed by atoms with Crippen molar-refractivity contribution in [2.24, 2.45) is 11.7 Å². The van der Waals surface area contributed by atoms with E-state index < -0.39 is 42.0 Å². The van der Waals surface area contributed by atoms with Crippen LogP contribution in [0, 0.1) is 5.92 Å². The van der Waals surface area contributed by atoms with E-state index in [0.717, 1.165) is 0 Å². The number of aromatic amines is 1. The van der Waals surface area contributed by atoms with Crippen molar-refractivity contribution in [3.63, 3.8) is 0 Å². The van der Waals surface area contributed by atoms with Crippen LogP contribution < -0.4 is 16.4 Å². The van der Waals surface area contributed by atoms with Crippen LogP contribution in [-0.2, 0) is 20.8 Å². The number of carboxylic acids is 1. The van der Waals surface area contributed by atoms with Gasteiger partial charge in [0.05, 0.1) is 18.5 Å². The molecule has 10 heteroatoms. The van der Waals surface area contributed by atoms with Crippen LogP contribution in [0.4, 0.5) is 0 Å². The van der Waals surface area contributed by atoms with Crippen molar-refractivity contribution in [2.45, 2.75) is 57.8 Å². The maximum atomic E-state index is 12.4. The minimum Gasteiger partial charge on any atom is -0.480 e. The third-order valence-electron chi connectivity index (χ3n) is 4.17. The van der Waals surface area contributed by atoms with Gasteiger partial charge in [-0.3, -0.25) is 9.59 Å². The molecule has 146 valence electrons. The molecule has 0 aliphatic rings. The molecule has 7 N–H and O–H groups in total. The Hall–Kier alpha value is -2.46. The first-order chi connectivity index (χ1) is 12.2. The fraction of sp³-hybridized carbons (Fsp3) is 0.625. The molecule has 1 aromatic rings. The van der Waals surface area contributed by atoms with Crippen molar-refractivity contribution in [2.75, 3.05) is 0 Å². The SMILES string of the molecule is CC[C@H](C)[C@H](NC(=O)[C@@H](NC(=O)[C@@H](N)Cc1cnc[nH]1)[C@@H](C)O)C(=O)O. The van der Waals surface area contributed by atoms with Crippen molar-refractivity contribution >= 4 is 17.8 Å². The van der Waals surface area contributed by atoms with E-state index in [0.29, 0.717) is 12.1 Å². The molecule has 0 bridgehead atoms. The number of carbonyl (C=O) groups is 3. The molecule has 0 radical (unpaired) electrons. The van der Waals surface area contributed by atoms with Crippen molar-refractivity contribution < 1.29 is 24.6 Å². The van der Waals surface area contributed by atoms with E-state index in [2.05, 4.69) is 20.6 Å². The monoisotopic (exact) mass is 369 g/mol. The van der Waals surface area contributed by atoms with Crippen LogP contribution in [0.1, 0.15) is 32.9 Å². The lowest BCUT2D eigenvalue weighted by molar-refractivity contribution is -0.144. The lowest BCUT2D eigenvalue weighted by Crippen LogP contribution is -2.59. The maximum absolute atomic E-state index is 12.4. The summed E-state index contributed by atoms with van der Waals surface area (Å²) in [5.74, 6) is -2.92. The van der Waals surface area contributed by atoms with Crippen LogP contribution in [-0.4, -0.2) is 62.2 Å². The van der Waals surface area contributed by atoms with Gasteiger partial charge in [0, 0.05) is 18.3 Å². The standard InChI is InChI=1S/C16H27N5O5/c1-4-8(2)12(16(25)26)20-15(24)13(9(3)22)21-14(23)11(17)5-10-6-18-7-19-10/h6-9,11-13,22H,4-5,17H2,1-3H3,(H,18,19)(H,20,24)(H,21,23)(H,25,26)/t8-,9+,11-,12-,13-/m0/s1. The third-order valence-corrected chi connectivity index (χ3v) is 4.17. The van der Waals surface area contributed by atoms with Gasteiger partial charge in [0.15, 0.2) is 0 Å². The summed E-state index contributed by atoms with van der Waals surface area (Å²) in [6.07, 6.45) is 2.45. The topological polar surface area (TPSA) is 170 Å². The maximum Gasteiger partial charge on any atom is 0.326 e. The predicted octanol–water partition coefficient (Wildman–Crippen LogP) is -1.24. The highest BCUT2D eigenvalue weighted by Crippen LogP contribution is 2.09. The lowest BCUT2D eigenvalue weighted by atomic mass is 9.98. The van der Waals surface area contributed by atoms with Gasteiger partial charge >= 0.3 is 5.97 Å². The highest BCUT2D eigenvalue weighted by Gasteiger charge is 2.32. The Bertz CT molecular complexity index is 604. The zero-order chi connectivity index (χ0) is 19.9. The first-order valence-electron chi connectivity index (χ1n) is 8.41. The minimum absolute atomic E-state index is 0.171. The number of H-pyrrole nitrogens is 1. The van der Waals surface area contributed by atoms with Gasteiger partial charge < -0.3 is 31.6 Å². The largest absolute Gasteiger partial charge is 0.480 e. The van der Waals surface area contributed by atoms with E-state index in [1.165, 1.54) is 19.4 Å². The molecule has 10 nitrogen and oxygen atoms in total. The van der Waals surface area contributed by atoms with E-state index in [4.69, 9.17) is 5.73 Å². The number of rotatable bonds is 10. The molecule has 0 saturated carbocycles. The number of aliphatic hydroxyl groups excluding tert-OH is 1. The molecular formula is C16H27N5O5. The zero-order valence-electron chi connectivity index (χ0n) is 15.1. The highest BCUT2D eigenvalue weighted by molar-refractivity contribution is 5.92. The molecular weight excluding hydrogens is 342 g/mol. The summed E-state index contributed by atoms with van der Waals surface area (Å²) in [6, 6.07) is -3.40. The van der Waals surface area contributed by atoms with E-state index >= 15 is 0 Å². The van der Waals surface area contributed by atoms with Gasteiger partial charge in [-0.15, -0.1) is 0 Å². The minimum atomic E-state index is -1.32. The van der Waals surface area contributed by atoms with Crippen LogP contribution in [0.25, 0.3) is 0 Å². The molecule has 0 aliphatic carbocycles. The normalized spacial score (nSPS) is 16.8. The van der Waals surface area contributed by atoms with Gasteiger partial charge in [-0.2, -0.15) is 0 Å². The molecule has 0 aromatic carbocycles. The number of amides is 2. The first-order valence-corrected chi connectivity index (χ1v) is 8.41. The molecule has 5 atom stereocenters. The Kier molecular flexibility index (Phi) is 8.20. The summed E-state index contributed by atoms with van der Waals surface area (Å²) in [5, 5.41) is 23.8. The van der Waals surface area contributed by atoms with Crippen molar-refractivity contribution in [1.82, 2.24) is 20.6 Å². The predicted molar refractivity (Wildman–Crippen MR) is 92.9 cm³/mol. The van der Waals surface area contributed by atoms with Crippen LogP contribution in [0.2, 0.25) is 0 Å². The molecule has 0 unspecified atom stereocenters.